The highest BCUT2D eigenvalue weighted by Crippen LogP contribution is 2.38. The van der Waals surface area contributed by atoms with Gasteiger partial charge in [-0.05, 0) is 54.8 Å². The van der Waals surface area contributed by atoms with Gasteiger partial charge in [-0.1, -0.05) is 36.4 Å². The Labute approximate surface area is 186 Å². The van der Waals surface area contributed by atoms with Crippen LogP contribution in [0, 0.1) is 13.8 Å². The van der Waals surface area contributed by atoms with Crippen LogP contribution in [-0.2, 0) is 9.59 Å². The molecule has 6 nitrogen and oxygen atoms in total. The van der Waals surface area contributed by atoms with Gasteiger partial charge in [0.1, 0.15) is 18.9 Å². The summed E-state index contributed by atoms with van der Waals surface area (Å²) < 4.78 is 11.2. The molecule has 0 fully saturated rings. The molecule has 160 valence electrons. The van der Waals surface area contributed by atoms with Gasteiger partial charge < -0.3 is 14.8 Å². The van der Waals surface area contributed by atoms with E-state index in [1.807, 2.05) is 56.3 Å². The number of fused-ring (bicyclic) bond motifs is 1. The third-order valence-electron chi connectivity index (χ3n) is 5.42. The molecular formula is C26H22N2O4. The quantitative estimate of drug-likeness (QED) is 0.624. The van der Waals surface area contributed by atoms with Crippen LogP contribution in [-0.4, -0.2) is 25.0 Å². The van der Waals surface area contributed by atoms with Crippen LogP contribution in [0.1, 0.15) is 16.7 Å². The number of imide groups is 1. The first-order chi connectivity index (χ1) is 15.5. The van der Waals surface area contributed by atoms with Crippen molar-refractivity contribution in [3.05, 3.63) is 89.1 Å². The molecule has 2 amide bonds. The number of anilines is 2. The molecule has 32 heavy (non-hydrogen) atoms. The second-order valence-corrected chi connectivity index (χ2v) is 7.89. The Morgan fingerprint density at radius 2 is 1.47 bits per heavy atom. The monoisotopic (exact) mass is 426 g/mol. The van der Waals surface area contributed by atoms with E-state index in [4.69, 9.17) is 9.47 Å². The third kappa shape index (κ3) is 3.50. The molecule has 6 heteroatoms. The number of benzene rings is 3. The molecule has 3 aromatic rings. The Bertz CT molecular complexity index is 1240. The summed E-state index contributed by atoms with van der Waals surface area (Å²) in [5, 5.41) is 3.22. The zero-order valence-corrected chi connectivity index (χ0v) is 17.8. The van der Waals surface area contributed by atoms with Gasteiger partial charge in [0.2, 0.25) is 0 Å². The lowest BCUT2D eigenvalue weighted by Crippen LogP contribution is -2.32. The van der Waals surface area contributed by atoms with Gasteiger partial charge in [-0.25, -0.2) is 4.90 Å². The highest BCUT2D eigenvalue weighted by molar-refractivity contribution is 6.46. The lowest BCUT2D eigenvalue weighted by Gasteiger charge is -2.21. The van der Waals surface area contributed by atoms with Crippen molar-refractivity contribution in [1.82, 2.24) is 0 Å². The predicted molar refractivity (Wildman–Crippen MR) is 123 cm³/mol. The molecule has 0 spiro atoms. The number of hydrogen-bond donors (Lipinski definition) is 1. The van der Waals surface area contributed by atoms with E-state index in [9.17, 15) is 9.59 Å². The molecule has 0 unspecified atom stereocenters. The minimum absolute atomic E-state index is 0.251. The van der Waals surface area contributed by atoms with Gasteiger partial charge in [0.05, 0.1) is 11.3 Å². The molecule has 0 saturated carbocycles. The fourth-order valence-corrected chi connectivity index (χ4v) is 4.12. The molecule has 0 radical (unpaired) electrons. The largest absolute Gasteiger partial charge is 0.486 e. The van der Waals surface area contributed by atoms with Crippen LogP contribution in [0.5, 0.6) is 11.5 Å². The average Bonchev–Trinajstić information content (AvgIpc) is 3.02. The van der Waals surface area contributed by atoms with E-state index >= 15 is 0 Å². The fourth-order valence-electron chi connectivity index (χ4n) is 4.12. The van der Waals surface area contributed by atoms with Crippen molar-refractivity contribution < 1.29 is 19.1 Å². The Morgan fingerprint density at radius 1 is 0.781 bits per heavy atom. The number of ether oxygens (including phenoxy) is 2. The number of carbonyl (C=O) groups is 2. The summed E-state index contributed by atoms with van der Waals surface area (Å²) in [5.74, 6) is 0.324. The van der Waals surface area contributed by atoms with Gasteiger partial charge in [-0.3, -0.25) is 9.59 Å². The molecule has 2 aliphatic rings. The summed E-state index contributed by atoms with van der Waals surface area (Å²) in [6, 6.07) is 20.3. The van der Waals surface area contributed by atoms with Crippen LogP contribution in [0.3, 0.4) is 0 Å². The van der Waals surface area contributed by atoms with E-state index < -0.39 is 5.91 Å². The van der Waals surface area contributed by atoms with E-state index in [2.05, 4.69) is 11.4 Å². The first-order valence-electron chi connectivity index (χ1n) is 10.4. The Kier molecular flexibility index (Phi) is 4.90. The molecule has 3 aromatic carbocycles. The van der Waals surface area contributed by atoms with E-state index in [0.717, 1.165) is 16.8 Å². The summed E-state index contributed by atoms with van der Waals surface area (Å²) in [4.78, 5) is 28.3. The minimum Gasteiger partial charge on any atom is -0.486 e. The first kappa shape index (κ1) is 19.9. The average molecular weight is 426 g/mol. The summed E-state index contributed by atoms with van der Waals surface area (Å²) in [5.41, 5.74) is 4.60. The normalized spacial score (nSPS) is 15.4. The van der Waals surface area contributed by atoms with Gasteiger partial charge in [-0.15, -0.1) is 0 Å². The number of aryl methyl sites for hydroxylation is 2. The van der Waals surface area contributed by atoms with Crippen LogP contribution in [0.4, 0.5) is 11.4 Å². The number of nitrogens with zero attached hydrogens (tertiary/aromatic N) is 1. The van der Waals surface area contributed by atoms with Gasteiger partial charge in [0.25, 0.3) is 11.8 Å². The van der Waals surface area contributed by atoms with Crippen molar-refractivity contribution in [3.63, 3.8) is 0 Å². The highest BCUT2D eigenvalue weighted by Gasteiger charge is 2.40. The number of amides is 2. The third-order valence-corrected chi connectivity index (χ3v) is 5.42. The zero-order chi connectivity index (χ0) is 22.2. The molecule has 0 saturated heterocycles. The maximum atomic E-state index is 13.6. The number of hydrogen-bond acceptors (Lipinski definition) is 5. The second-order valence-electron chi connectivity index (χ2n) is 7.89. The van der Waals surface area contributed by atoms with Crippen molar-refractivity contribution in [2.24, 2.45) is 0 Å². The first-order valence-corrected chi connectivity index (χ1v) is 10.4. The maximum Gasteiger partial charge on any atom is 0.282 e. The molecule has 5 rings (SSSR count). The summed E-state index contributed by atoms with van der Waals surface area (Å²) in [6.45, 7) is 4.88. The summed E-state index contributed by atoms with van der Waals surface area (Å²) in [6.07, 6.45) is 0. The number of carbonyl (C=O) groups excluding carboxylic acids is 2. The minimum atomic E-state index is -0.412. The van der Waals surface area contributed by atoms with Crippen LogP contribution >= 0.6 is 0 Å². The maximum absolute atomic E-state index is 13.6. The van der Waals surface area contributed by atoms with Crippen molar-refractivity contribution in [1.29, 1.82) is 0 Å². The van der Waals surface area contributed by atoms with Gasteiger partial charge in [0.15, 0.2) is 11.5 Å². The lowest BCUT2D eigenvalue weighted by molar-refractivity contribution is -0.120. The molecule has 2 heterocycles. The van der Waals surface area contributed by atoms with Crippen molar-refractivity contribution in [2.45, 2.75) is 13.8 Å². The van der Waals surface area contributed by atoms with Crippen LogP contribution in [0.25, 0.3) is 5.57 Å². The fraction of sp³-hybridized carbons (Fsp3) is 0.154. The topological polar surface area (TPSA) is 67.9 Å². The summed E-state index contributed by atoms with van der Waals surface area (Å²) >= 11 is 0. The molecule has 2 aliphatic heterocycles. The Morgan fingerprint density at radius 3 is 2.19 bits per heavy atom. The van der Waals surface area contributed by atoms with E-state index in [-0.39, 0.29) is 11.6 Å². The van der Waals surface area contributed by atoms with Crippen LogP contribution < -0.4 is 19.7 Å². The van der Waals surface area contributed by atoms with Crippen molar-refractivity contribution in [2.75, 3.05) is 23.4 Å². The van der Waals surface area contributed by atoms with E-state index in [1.165, 1.54) is 4.90 Å². The smallest absolute Gasteiger partial charge is 0.282 e. The molecule has 0 bridgehead atoms. The summed E-state index contributed by atoms with van der Waals surface area (Å²) in [7, 11) is 0. The highest BCUT2D eigenvalue weighted by atomic mass is 16.6. The predicted octanol–water partition coefficient (Wildman–Crippen LogP) is 4.47. The number of rotatable bonds is 4. The SMILES string of the molecule is Cc1cc(C)cc(NC2=C(c3ccccc3)C(=O)N(c3ccc4c(c3)OCCO4)C2=O)c1. The van der Waals surface area contributed by atoms with Crippen molar-refractivity contribution >= 4 is 28.8 Å². The standard InChI is InChI=1S/C26H22N2O4/c1-16-12-17(2)14-19(13-16)27-24-23(18-6-4-3-5-7-18)25(29)28(26(24)30)20-8-9-21-22(15-20)32-11-10-31-21/h3-9,12-15,27H,10-11H2,1-2H3. The van der Waals surface area contributed by atoms with E-state index in [1.54, 1.807) is 18.2 Å². The zero-order valence-electron chi connectivity index (χ0n) is 17.8. The second kappa shape index (κ2) is 7.89. The Hall–Kier alpha value is -4.06. The van der Waals surface area contributed by atoms with Gasteiger partial charge in [-0.2, -0.15) is 0 Å². The van der Waals surface area contributed by atoms with Crippen LogP contribution in [0.15, 0.2) is 72.4 Å². The number of nitrogens with one attached hydrogen (secondary N) is 1. The van der Waals surface area contributed by atoms with E-state index in [0.29, 0.717) is 41.5 Å². The molecular weight excluding hydrogens is 404 g/mol. The lowest BCUT2D eigenvalue weighted by atomic mass is 10.0. The van der Waals surface area contributed by atoms with Crippen LogP contribution in [0.2, 0.25) is 0 Å². The van der Waals surface area contributed by atoms with Gasteiger partial charge >= 0.3 is 0 Å². The Balaban J connectivity index is 1.59. The van der Waals surface area contributed by atoms with Crippen molar-refractivity contribution in [3.8, 4) is 11.5 Å². The molecule has 1 N–H and O–H groups in total. The molecule has 0 aliphatic carbocycles. The molecule has 0 aromatic heterocycles. The molecule has 0 atom stereocenters. The van der Waals surface area contributed by atoms with Gasteiger partial charge in [0, 0.05) is 11.8 Å².